The smallest absolute Gasteiger partial charge is 0.224 e. The Balaban J connectivity index is 4.04. The highest BCUT2D eigenvalue weighted by Crippen LogP contribution is 2.12. The molecular weight excluding hydrogens is 206 g/mol. The second-order valence-corrected chi connectivity index (χ2v) is 5.14. The fraction of sp³-hybridized carbons (Fsp3) is 0.818. The molecule has 94 valence electrons. The predicted octanol–water partition coefficient (Wildman–Crippen LogP) is -0.0125. The molecule has 0 aliphatic carbocycles. The van der Waals surface area contributed by atoms with Crippen LogP contribution in [0.2, 0.25) is 0 Å². The van der Waals surface area contributed by atoms with Crippen molar-refractivity contribution in [1.82, 2.24) is 5.32 Å². The molecule has 5 N–H and O–H groups in total. The van der Waals surface area contributed by atoms with Gasteiger partial charge < -0.3 is 16.8 Å². The molecule has 0 fully saturated rings. The van der Waals surface area contributed by atoms with E-state index in [0.717, 1.165) is 0 Å². The van der Waals surface area contributed by atoms with Crippen molar-refractivity contribution in [2.24, 2.45) is 22.8 Å². The Kier molecular flexibility index (Phi) is 5.44. The van der Waals surface area contributed by atoms with Crippen LogP contribution in [-0.2, 0) is 9.59 Å². The molecule has 1 unspecified atom stereocenters. The fourth-order valence-corrected chi connectivity index (χ4v) is 0.929. The normalized spacial score (nSPS) is 13.6. The highest BCUT2D eigenvalue weighted by molar-refractivity contribution is 5.82. The van der Waals surface area contributed by atoms with Crippen molar-refractivity contribution >= 4 is 11.8 Å². The lowest BCUT2D eigenvalue weighted by molar-refractivity contribution is -0.127. The van der Waals surface area contributed by atoms with E-state index < -0.39 is 11.3 Å². The van der Waals surface area contributed by atoms with E-state index in [4.69, 9.17) is 11.5 Å². The zero-order valence-corrected chi connectivity index (χ0v) is 10.5. The Morgan fingerprint density at radius 2 is 1.81 bits per heavy atom. The number of rotatable bonds is 6. The number of carbonyl (C=O) groups is 2. The Bertz CT molecular complexity index is 262. The molecular formula is C11H23N3O2. The first kappa shape index (κ1) is 14.9. The molecule has 1 atom stereocenters. The lowest BCUT2D eigenvalue weighted by Crippen LogP contribution is -2.44. The molecule has 0 heterocycles. The summed E-state index contributed by atoms with van der Waals surface area (Å²) in [6.45, 7) is 7.55. The number of carbonyl (C=O) groups excluding carboxylic acids is 2. The van der Waals surface area contributed by atoms with Crippen LogP contribution >= 0.6 is 0 Å². The van der Waals surface area contributed by atoms with Gasteiger partial charge in [-0.3, -0.25) is 9.59 Å². The Hall–Kier alpha value is -1.10. The summed E-state index contributed by atoms with van der Waals surface area (Å²) < 4.78 is 0. The van der Waals surface area contributed by atoms with E-state index in [1.807, 2.05) is 13.8 Å². The van der Waals surface area contributed by atoms with E-state index in [9.17, 15) is 9.59 Å². The van der Waals surface area contributed by atoms with Gasteiger partial charge in [0.25, 0.3) is 0 Å². The molecule has 0 aliphatic rings. The topological polar surface area (TPSA) is 98.2 Å². The summed E-state index contributed by atoms with van der Waals surface area (Å²) in [4.78, 5) is 22.5. The SMILES string of the molecule is CC(C)C(N)CC(=O)NCC(C)(C)C(N)=O. The Morgan fingerprint density at radius 3 is 2.19 bits per heavy atom. The first-order chi connectivity index (χ1) is 7.16. The van der Waals surface area contributed by atoms with Crippen LogP contribution < -0.4 is 16.8 Å². The molecule has 0 spiro atoms. The highest BCUT2D eigenvalue weighted by atomic mass is 16.2. The highest BCUT2D eigenvalue weighted by Gasteiger charge is 2.25. The molecule has 0 bridgehead atoms. The molecule has 0 rings (SSSR count). The summed E-state index contributed by atoms with van der Waals surface area (Å²) in [7, 11) is 0. The number of hydrogen-bond acceptors (Lipinski definition) is 3. The van der Waals surface area contributed by atoms with Gasteiger partial charge >= 0.3 is 0 Å². The third kappa shape index (κ3) is 5.11. The second kappa shape index (κ2) is 5.84. The first-order valence-electron chi connectivity index (χ1n) is 5.49. The number of primary amides is 1. The zero-order chi connectivity index (χ0) is 12.9. The van der Waals surface area contributed by atoms with Gasteiger partial charge in [-0.15, -0.1) is 0 Å². The Morgan fingerprint density at radius 1 is 1.31 bits per heavy atom. The number of hydrogen-bond donors (Lipinski definition) is 3. The van der Waals surface area contributed by atoms with Crippen LogP contribution in [0, 0.1) is 11.3 Å². The maximum atomic E-state index is 11.5. The van der Waals surface area contributed by atoms with Gasteiger partial charge in [0.05, 0.1) is 5.41 Å². The number of nitrogens with two attached hydrogens (primary N) is 2. The minimum Gasteiger partial charge on any atom is -0.369 e. The summed E-state index contributed by atoms with van der Waals surface area (Å²) in [6.07, 6.45) is 0.270. The standard InChI is InChI=1S/C11H23N3O2/c1-7(2)8(12)5-9(15)14-6-11(3,4)10(13)16/h7-8H,5-6,12H2,1-4H3,(H2,13,16)(H,14,15). The lowest BCUT2D eigenvalue weighted by atomic mass is 9.92. The average Bonchev–Trinajstić information content (AvgIpc) is 2.14. The van der Waals surface area contributed by atoms with Gasteiger partial charge in [0.15, 0.2) is 0 Å². The van der Waals surface area contributed by atoms with Gasteiger partial charge in [-0.1, -0.05) is 13.8 Å². The minimum absolute atomic E-state index is 0.143. The van der Waals surface area contributed by atoms with E-state index in [2.05, 4.69) is 5.32 Å². The maximum absolute atomic E-state index is 11.5. The van der Waals surface area contributed by atoms with Crippen molar-refractivity contribution in [3.8, 4) is 0 Å². The summed E-state index contributed by atoms with van der Waals surface area (Å²) in [5.41, 5.74) is 10.2. The summed E-state index contributed by atoms with van der Waals surface area (Å²) in [5.74, 6) is -0.314. The number of amides is 2. The molecule has 0 aromatic carbocycles. The van der Waals surface area contributed by atoms with Crippen molar-refractivity contribution in [2.45, 2.75) is 40.2 Å². The van der Waals surface area contributed by atoms with Crippen molar-refractivity contribution in [3.05, 3.63) is 0 Å². The van der Waals surface area contributed by atoms with Crippen molar-refractivity contribution in [3.63, 3.8) is 0 Å². The van der Waals surface area contributed by atoms with Gasteiger partial charge in [-0.2, -0.15) is 0 Å². The van der Waals surface area contributed by atoms with Gasteiger partial charge in [0, 0.05) is 19.0 Å². The Labute approximate surface area is 96.9 Å². The van der Waals surface area contributed by atoms with Crippen LogP contribution in [-0.4, -0.2) is 24.4 Å². The maximum Gasteiger partial charge on any atom is 0.224 e. The quantitative estimate of drug-likeness (QED) is 0.597. The van der Waals surface area contributed by atoms with Gasteiger partial charge in [0.1, 0.15) is 0 Å². The van der Waals surface area contributed by atoms with E-state index in [0.29, 0.717) is 0 Å². The molecule has 5 nitrogen and oxygen atoms in total. The van der Waals surface area contributed by atoms with Crippen LogP contribution in [0.1, 0.15) is 34.1 Å². The second-order valence-electron chi connectivity index (χ2n) is 5.14. The monoisotopic (exact) mass is 229 g/mol. The van der Waals surface area contributed by atoms with E-state index in [1.54, 1.807) is 13.8 Å². The first-order valence-corrected chi connectivity index (χ1v) is 5.49. The van der Waals surface area contributed by atoms with Gasteiger partial charge in [-0.05, 0) is 19.8 Å². The van der Waals surface area contributed by atoms with Crippen molar-refractivity contribution < 1.29 is 9.59 Å². The zero-order valence-electron chi connectivity index (χ0n) is 10.5. The van der Waals surface area contributed by atoms with Crippen molar-refractivity contribution in [2.75, 3.05) is 6.54 Å². The van der Waals surface area contributed by atoms with Crippen molar-refractivity contribution in [1.29, 1.82) is 0 Å². The third-order valence-corrected chi connectivity index (χ3v) is 2.67. The van der Waals surface area contributed by atoms with E-state index in [-0.39, 0.29) is 30.8 Å². The van der Waals surface area contributed by atoms with E-state index >= 15 is 0 Å². The molecule has 5 heteroatoms. The predicted molar refractivity (Wildman–Crippen MR) is 63.4 cm³/mol. The van der Waals surface area contributed by atoms with Crippen LogP contribution in [0.15, 0.2) is 0 Å². The van der Waals surface area contributed by atoms with Crippen LogP contribution in [0.4, 0.5) is 0 Å². The molecule has 0 radical (unpaired) electrons. The molecule has 16 heavy (non-hydrogen) atoms. The molecule has 0 aromatic rings. The molecule has 0 saturated heterocycles. The summed E-state index contributed by atoms with van der Waals surface area (Å²) in [6, 6.07) is -0.156. The van der Waals surface area contributed by atoms with E-state index in [1.165, 1.54) is 0 Å². The molecule has 0 saturated carbocycles. The molecule has 0 aromatic heterocycles. The number of nitrogens with one attached hydrogen (secondary N) is 1. The third-order valence-electron chi connectivity index (χ3n) is 2.67. The van der Waals surface area contributed by atoms with Crippen LogP contribution in [0.5, 0.6) is 0 Å². The summed E-state index contributed by atoms with van der Waals surface area (Å²) in [5, 5.41) is 2.67. The van der Waals surface area contributed by atoms with Gasteiger partial charge in [-0.25, -0.2) is 0 Å². The van der Waals surface area contributed by atoms with Gasteiger partial charge in [0.2, 0.25) is 11.8 Å². The van der Waals surface area contributed by atoms with Crippen LogP contribution in [0.3, 0.4) is 0 Å². The average molecular weight is 229 g/mol. The largest absolute Gasteiger partial charge is 0.369 e. The minimum atomic E-state index is -0.725. The molecule has 0 aliphatic heterocycles. The molecule has 2 amide bonds. The van der Waals surface area contributed by atoms with Crippen LogP contribution in [0.25, 0.3) is 0 Å². The lowest BCUT2D eigenvalue weighted by Gasteiger charge is -2.22. The fourth-order valence-electron chi connectivity index (χ4n) is 0.929. The summed E-state index contributed by atoms with van der Waals surface area (Å²) >= 11 is 0.